The predicted octanol–water partition coefficient (Wildman–Crippen LogP) is 3.61. The Morgan fingerprint density at radius 3 is 2.69 bits per heavy atom. The van der Waals surface area contributed by atoms with Gasteiger partial charge in [0.2, 0.25) is 0 Å². The van der Waals surface area contributed by atoms with Gasteiger partial charge in [-0.2, -0.15) is 8.78 Å². The Labute approximate surface area is 83.8 Å². The normalized spacial score (nSPS) is 10.5. The van der Waals surface area contributed by atoms with Crippen molar-refractivity contribution in [3.05, 3.63) is 28.2 Å². The van der Waals surface area contributed by atoms with Crippen molar-refractivity contribution in [1.82, 2.24) is 0 Å². The first-order valence-corrected chi connectivity index (χ1v) is 4.66. The van der Waals surface area contributed by atoms with Crippen LogP contribution in [0.25, 0.3) is 0 Å². The molecule has 13 heavy (non-hydrogen) atoms. The first-order valence-electron chi connectivity index (χ1n) is 3.87. The zero-order chi connectivity index (χ0) is 9.84. The van der Waals surface area contributed by atoms with E-state index in [1.165, 1.54) is 0 Å². The van der Waals surface area contributed by atoms with Crippen LogP contribution in [0, 0.1) is 0 Å². The topological polar surface area (TPSA) is 9.23 Å². The summed E-state index contributed by atoms with van der Waals surface area (Å²) >= 11 is 3.16. The molecule has 1 nitrogen and oxygen atoms in total. The Hall–Kier alpha value is -0.640. The molecule has 0 aliphatic heterocycles. The molecule has 0 atom stereocenters. The van der Waals surface area contributed by atoms with E-state index in [0.29, 0.717) is 10.9 Å². The highest BCUT2D eigenvalue weighted by atomic mass is 79.9. The standard InChI is InChI=1S/C9H9BrF2O/c1-2-6-4-3-5-7(10)8(6)13-9(11)12/h3-5,9H,2H2,1H3. The van der Waals surface area contributed by atoms with E-state index in [0.717, 1.165) is 5.56 Å². The summed E-state index contributed by atoms with van der Waals surface area (Å²) in [6.07, 6.45) is 0.668. The van der Waals surface area contributed by atoms with Crippen molar-refractivity contribution in [2.45, 2.75) is 20.0 Å². The van der Waals surface area contributed by atoms with Crippen molar-refractivity contribution in [2.24, 2.45) is 0 Å². The highest BCUT2D eigenvalue weighted by molar-refractivity contribution is 9.10. The van der Waals surface area contributed by atoms with Gasteiger partial charge in [0.15, 0.2) is 0 Å². The quantitative estimate of drug-likeness (QED) is 0.797. The van der Waals surface area contributed by atoms with Crippen molar-refractivity contribution >= 4 is 15.9 Å². The molecule has 0 N–H and O–H groups in total. The summed E-state index contributed by atoms with van der Waals surface area (Å²) < 4.78 is 28.9. The molecule has 0 heterocycles. The fraction of sp³-hybridized carbons (Fsp3) is 0.333. The first kappa shape index (κ1) is 10.4. The molecule has 0 fully saturated rings. The van der Waals surface area contributed by atoms with Crippen molar-refractivity contribution in [2.75, 3.05) is 0 Å². The van der Waals surface area contributed by atoms with Gasteiger partial charge in [0.25, 0.3) is 0 Å². The molecule has 0 amide bonds. The van der Waals surface area contributed by atoms with Crippen LogP contribution in [0.4, 0.5) is 8.78 Å². The molecule has 0 aliphatic rings. The number of ether oxygens (including phenoxy) is 1. The molecule has 0 radical (unpaired) electrons. The molecule has 1 rings (SSSR count). The molecule has 72 valence electrons. The summed E-state index contributed by atoms with van der Waals surface area (Å²) in [5.41, 5.74) is 0.773. The van der Waals surface area contributed by atoms with Crippen LogP contribution in [0.15, 0.2) is 22.7 Å². The monoisotopic (exact) mass is 250 g/mol. The fourth-order valence-electron chi connectivity index (χ4n) is 1.05. The van der Waals surface area contributed by atoms with Gasteiger partial charge in [0.1, 0.15) is 5.75 Å². The smallest absolute Gasteiger partial charge is 0.387 e. The van der Waals surface area contributed by atoms with E-state index < -0.39 is 6.61 Å². The Balaban J connectivity index is 3.00. The van der Waals surface area contributed by atoms with Gasteiger partial charge in [-0.1, -0.05) is 19.1 Å². The summed E-state index contributed by atoms with van der Waals surface area (Å²) in [4.78, 5) is 0. The van der Waals surface area contributed by atoms with Crippen LogP contribution in [0.5, 0.6) is 5.75 Å². The van der Waals surface area contributed by atoms with E-state index in [1.54, 1.807) is 18.2 Å². The first-order chi connectivity index (χ1) is 6.15. The molecule has 0 saturated heterocycles. The fourth-order valence-corrected chi connectivity index (χ4v) is 1.55. The SMILES string of the molecule is CCc1cccc(Br)c1OC(F)F. The van der Waals surface area contributed by atoms with Gasteiger partial charge in [-0.3, -0.25) is 0 Å². The summed E-state index contributed by atoms with van der Waals surface area (Å²) in [6, 6.07) is 5.24. The molecule has 0 saturated carbocycles. The Kier molecular flexibility index (Phi) is 3.66. The van der Waals surface area contributed by atoms with Crippen LogP contribution in [0.3, 0.4) is 0 Å². The Morgan fingerprint density at radius 2 is 2.15 bits per heavy atom. The van der Waals surface area contributed by atoms with E-state index in [4.69, 9.17) is 0 Å². The minimum atomic E-state index is -2.77. The Morgan fingerprint density at radius 1 is 1.46 bits per heavy atom. The summed E-state index contributed by atoms with van der Waals surface area (Å²) in [6.45, 7) is -0.885. The predicted molar refractivity (Wildman–Crippen MR) is 50.2 cm³/mol. The lowest BCUT2D eigenvalue weighted by Gasteiger charge is -2.10. The van der Waals surface area contributed by atoms with E-state index in [2.05, 4.69) is 20.7 Å². The van der Waals surface area contributed by atoms with Gasteiger partial charge in [-0.15, -0.1) is 0 Å². The second kappa shape index (κ2) is 4.56. The average Bonchev–Trinajstić information content (AvgIpc) is 2.08. The maximum Gasteiger partial charge on any atom is 0.387 e. The molecule has 1 aromatic rings. The number of benzene rings is 1. The number of aryl methyl sites for hydroxylation is 1. The highest BCUT2D eigenvalue weighted by Crippen LogP contribution is 2.30. The minimum Gasteiger partial charge on any atom is -0.433 e. The van der Waals surface area contributed by atoms with Gasteiger partial charge in [0.05, 0.1) is 4.47 Å². The molecule has 0 spiro atoms. The zero-order valence-corrected chi connectivity index (χ0v) is 8.64. The summed E-state index contributed by atoms with van der Waals surface area (Å²) in [5.74, 6) is 0.236. The maximum absolute atomic E-state index is 12.0. The second-order valence-corrected chi connectivity index (χ2v) is 3.31. The van der Waals surface area contributed by atoms with Gasteiger partial charge in [-0.05, 0) is 34.0 Å². The van der Waals surface area contributed by atoms with Crippen LogP contribution in [0.1, 0.15) is 12.5 Å². The van der Waals surface area contributed by atoms with Crippen LogP contribution in [-0.4, -0.2) is 6.61 Å². The third-order valence-corrected chi connectivity index (χ3v) is 2.26. The van der Waals surface area contributed by atoms with Crippen molar-refractivity contribution in [1.29, 1.82) is 0 Å². The highest BCUT2D eigenvalue weighted by Gasteiger charge is 2.11. The average molecular weight is 251 g/mol. The van der Waals surface area contributed by atoms with Gasteiger partial charge < -0.3 is 4.74 Å². The minimum absolute atomic E-state index is 0.236. The number of hydrogen-bond acceptors (Lipinski definition) is 1. The van der Waals surface area contributed by atoms with Crippen LogP contribution >= 0.6 is 15.9 Å². The van der Waals surface area contributed by atoms with Crippen LogP contribution < -0.4 is 4.74 Å². The molecule has 0 aromatic heterocycles. The number of alkyl halides is 2. The lowest BCUT2D eigenvalue weighted by Crippen LogP contribution is -2.04. The Bertz CT molecular complexity index is 289. The molecular formula is C9H9BrF2O. The van der Waals surface area contributed by atoms with Gasteiger partial charge in [-0.25, -0.2) is 0 Å². The third kappa shape index (κ3) is 2.66. The second-order valence-electron chi connectivity index (χ2n) is 2.46. The van der Waals surface area contributed by atoms with Gasteiger partial charge >= 0.3 is 6.61 Å². The molecule has 0 aliphatic carbocycles. The third-order valence-electron chi connectivity index (χ3n) is 1.64. The van der Waals surface area contributed by atoms with Crippen molar-refractivity contribution in [3.8, 4) is 5.75 Å². The van der Waals surface area contributed by atoms with E-state index in [1.807, 2.05) is 6.92 Å². The molecule has 0 unspecified atom stereocenters. The van der Waals surface area contributed by atoms with Crippen LogP contribution in [0.2, 0.25) is 0 Å². The van der Waals surface area contributed by atoms with Crippen LogP contribution in [-0.2, 0) is 6.42 Å². The zero-order valence-electron chi connectivity index (χ0n) is 7.06. The number of para-hydroxylation sites is 1. The number of rotatable bonds is 3. The van der Waals surface area contributed by atoms with Crippen molar-refractivity contribution in [3.63, 3.8) is 0 Å². The van der Waals surface area contributed by atoms with E-state index >= 15 is 0 Å². The number of hydrogen-bond donors (Lipinski definition) is 0. The summed E-state index contributed by atoms with van der Waals surface area (Å²) in [5, 5.41) is 0. The molecule has 4 heteroatoms. The summed E-state index contributed by atoms with van der Waals surface area (Å²) in [7, 11) is 0. The molecule has 1 aromatic carbocycles. The van der Waals surface area contributed by atoms with E-state index in [-0.39, 0.29) is 5.75 Å². The number of halogens is 3. The van der Waals surface area contributed by atoms with E-state index in [9.17, 15) is 8.78 Å². The van der Waals surface area contributed by atoms with Gasteiger partial charge in [0, 0.05) is 0 Å². The van der Waals surface area contributed by atoms with Crippen molar-refractivity contribution < 1.29 is 13.5 Å². The lowest BCUT2D eigenvalue weighted by molar-refractivity contribution is -0.0509. The molecular weight excluding hydrogens is 242 g/mol. The molecule has 0 bridgehead atoms. The lowest BCUT2D eigenvalue weighted by atomic mass is 10.1. The largest absolute Gasteiger partial charge is 0.433 e. The maximum atomic E-state index is 12.0.